The number of esters is 2. The van der Waals surface area contributed by atoms with Crippen LogP contribution >= 0.6 is 125 Å². The summed E-state index contributed by atoms with van der Waals surface area (Å²) in [6.45, 7) is 30.6. The van der Waals surface area contributed by atoms with E-state index in [0.29, 0.717) is 0 Å². The predicted molar refractivity (Wildman–Crippen MR) is 616 cm³/mol. The molecule has 0 saturated heterocycles. The van der Waals surface area contributed by atoms with Crippen LogP contribution in [0.4, 0.5) is 0 Å². The van der Waals surface area contributed by atoms with E-state index in [1.807, 2.05) is 56.7 Å². The van der Waals surface area contributed by atoms with Crippen molar-refractivity contribution >= 4 is 149 Å². The molecule has 0 bridgehead atoms. The van der Waals surface area contributed by atoms with Crippen LogP contribution in [0.15, 0.2) is 96.2 Å². The van der Waals surface area contributed by atoms with Crippen LogP contribution in [0.25, 0.3) is 115 Å². The molecule has 0 radical (unpaired) electrons. The maximum absolute atomic E-state index is 13.1. The molecular weight excluding hydrogens is 1890 g/mol. The number of aryl methyl sites for hydroxylation is 8. The minimum absolute atomic E-state index is 0.0442. The number of carbonyl (C=O) groups is 2. The first-order valence-electron chi connectivity index (χ1n) is 54.2. The Labute approximate surface area is 872 Å². The highest BCUT2D eigenvalue weighted by molar-refractivity contribution is 7.33. The highest BCUT2D eigenvalue weighted by Crippen LogP contribution is 2.55. The Bertz CT molecular complexity index is 5160. The molecule has 0 unspecified atom stereocenters. The van der Waals surface area contributed by atoms with Gasteiger partial charge in [-0.15, -0.1) is 125 Å². The number of rotatable bonds is 72. The van der Waals surface area contributed by atoms with E-state index in [0.717, 1.165) is 74.0 Å². The summed E-state index contributed by atoms with van der Waals surface area (Å²) in [7, 11) is 0. The zero-order chi connectivity index (χ0) is 96.6. The molecule has 0 aliphatic heterocycles. The summed E-state index contributed by atoms with van der Waals surface area (Å²) in [5, 5.41) is 10.2. The lowest BCUT2D eigenvalue weighted by atomic mass is 10.0. The monoisotopic (exact) mass is 2050 g/mol. The Morgan fingerprint density at radius 2 is 0.460 bits per heavy atom. The van der Waals surface area contributed by atoms with Gasteiger partial charge < -0.3 is 9.47 Å². The molecule has 11 heterocycles. The van der Waals surface area contributed by atoms with E-state index < -0.39 is 11.9 Å². The first-order valence-corrected chi connectivity index (χ1v) is 63.2. The van der Waals surface area contributed by atoms with Crippen molar-refractivity contribution in [2.75, 3.05) is 13.2 Å². The van der Waals surface area contributed by atoms with E-state index in [1.54, 1.807) is 48.7 Å². The van der Waals surface area contributed by atoms with E-state index in [4.69, 9.17) is 16.0 Å². The van der Waals surface area contributed by atoms with E-state index in [-0.39, 0.29) is 24.5 Å². The lowest BCUT2D eigenvalue weighted by Crippen LogP contribution is -2.05. The molecule has 17 heteroatoms. The summed E-state index contributed by atoms with van der Waals surface area (Å²) in [6.07, 6.45) is 72.5. The first-order chi connectivity index (χ1) is 67.3. The Kier molecular flexibility index (Phi) is 51.5. The van der Waals surface area contributed by atoms with Gasteiger partial charge in [-0.2, -0.15) is 5.26 Å². The molecule has 6 nitrogen and oxygen atoms in total. The molecule has 0 saturated carbocycles. The Morgan fingerprint density at radius 3 is 0.715 bits per heavy atom. The number of hydrogen-bond acceptors (Lipinski definition) is 16. The number of thiophene rings is 11. The Hall–Kier alpha value is -5.90. The van der Waals surface area contributed by atoms with Crippen molar-refractivity contribution in [3.8, 4) is 104 Å². The zero-order valence-corrected chi connectivity index (χ0v) is 94.2. The van der Waals surface area contributed by atoms with Gasteiger partial charge in [-0.05, 0) is 258 Å². The van der Waals surface area contributed by atoms with Gasteiger partial charge in [0.2, 0.25) is 0 Å². The van der Waals surface area contributed by atoms with Gasteiger partial charge in [0.05, 0.1) is 19.8 Å². The van der Waals surface area contributed by atoms with Crippen molar-refractivity contribution in [3.05, 3.63) is 162 Å². The van der Waals surface area contributed by atoms with Crippen molar-refractivity contribution in [2.45, 2.75) is 429 Å². The third kappa shape index (κ3) is 35.0. The van der Waals surface area contributed by atoms with Crippen LogP contribution in [-0.2, 0) is 70.4 Å². The fourth-order valence-electron chi connectivity index (χ4n) is 19.0. The molecule has 137 heavy (non-hydrogen) atoms. The minimum Gasteiger partial charge on any atom is -0.471 e. The van der Waals surface area contributed by atoms with E-state index in [2.05, 4.69) is 197 Å². The third-order valence-electron chi connectivity index (χ3n) is 26.8. The Balaban J connectivity index is 0.959. The molecule has 11 rings (SSSR count). The SMILES string of the molecule is [C-]#[N+]/C(=C\c1cc(CCCCCCCC)c(-c2cc(CCCCCCCC)c(-c3ccc(-c4sc(-c5sc(-c6ccc(-c7cc(CCCCCCCC)c(-c8cc(CCCCCCCC)c(-c9ccc(-c%10sc(-c%11sc(/C=C(\C#N)C(=O)OCC)cc%11CCCCCCCC)cc%10CCCCCCCC)s9)s8)s7)s6)cc5CCCCCCCC)cc4CCCCCCCC)s3)s2)s1)C(=O)OCC. The van der Waals surface area contributed by atoms with Gasteiger partial charge in [-0.25, -0.2) is 9.64 Å². The summed E-state index contributed by atoms with van der Waals surface area (Å²) < 4.78 is 10.8. The second-order valence-electron chi connectivity index (χ2n) is 38.2. The van der Waals surface area contributed by atoms with Gasteiger partial charge in [0, 0.05) is 107 Å². The van der Waals surface area contributed by atoms with Gasteiger partial charge in [0.25, 0.3) is 5.70 Å². The summed E-state index contributed by atoms with van der Waals surface area (Å²) in [6, 6.07) is 37.2. The molecule has 0 aliphatic rings. The molecule has 0 aliphatic carbocycles. The zero-order valence-electron chi connectivity index (χ0n) is 85.3. The van der Waals surface area contributed by atoms with Crippen LogP contribution in [-0.4, -0.2) is 25.2 Å². The number of carbonyl (C=O) groups excluding carboxylic acids is 2. The first kappa shape index (κ1) is 111. The van der Waals surface area contributed by atoms with Crippen molar-refractivity contribution in [1.29, 1.82) is 5.26 Å². The van der Waals surface area contributed by atoms with Gasteiger partial charge >= 0.3 is 11.9 Å². The standard InChI is InChI=1S/C120H162N2O4S11/c1-12-22-30-38-46-54-62-87-76-96(78-95(86-121)119(123)125-20-9)127-115(87)107-81-91(66-58-50-42-34-26-16-5)111(134-107)101-72-74-103(130-101)113-93(68-60-52-44-36-28-18-7)83-109(136-113)117-89(64-56-48-40-32-24-14-3)79-105(132-117)99-70-71-100(129-99)106-80-90(65-57-49-41-33-25-15-4)118(133-106)110-84-94(69-61-53-45-37-29-19-8)114(137-110)104-75-73-102(131-104)112-92(67-59-51-43-35-27-17-6)82-108(135-112)116-88(63-55-47-39-31-23-13-2)77-97(128-116)85-98(122-11)120(124)126-21-10/h70-85H,12-69H2,1-10H3/b95-78+,98-85-. The van der Waals surface area contributed by atoms with Crippen LogP contribution in [0, 0.1) is 17.9 Å². The fourth-order valence-corrected chi connectivity index (χ4v) is 32.8. The lowest BCUT2D eigenvalue weighted by molar-refractivity contribution is -0.138. The van der Waals surface area contributed by atoms with Gasteiger partial charge in [0.1, 0.15) is 11.6 Å². The maximum Gasteiger partial charge on any atom is 0.348 e. The molecule has 0 fully saturated rings. The van der Waals surface area contributed by atoms with Gasteiger partial charge in [-0.1, -0.05) is 312 Å². The molecule has 0 amide bonds. The van der Waals surface area contributed by atoms with Crippen molar-refractivity contribution < 1.29 is 19.1 Å². The number of nitrogens with zero attached hydrogens (tertiary/aromatic N) is 2. The third-order valence-corrected chi connectivity index (χ3v) is 41.2. The summed E-state index contributed by atoms with van der Waals surface area (Å²) in [4.78, 5) is 59.6. The molecule has 0 aromatic carbocycles. The molecule has 0 N–H and O–H groups in total. The van der Waals surface area contributed by atoms with E-state index >= 15 is 0 Å². The van der Waals surface area contributed by atoms with Crippen LogP contribution in [0.1, 0.15) is 432 Å². The number of nitriles is 1. The molecular formula is C120H162N2O4S11. The van der Waals surface area contributed by atoms with Crippen LogP contribution in [0.3, 0.4) is 0 Å². The normalized spacial score (nSPS) is 11.9. The summed E-state index contributed by atoms with van der Waals surface area (Å²) in [5.41, 5.74) is 11.8. The van der Waals surface area contributed by atoms with Crippen LogP contribution in [0.2, 0.25) is 0 Å². The summed E-state index contributed by atoms with van der Waals surface area (Å²) in [5.74, 6) is -1.10. The topological polar surface area (TPSA) is 80.8 Å². The van der Waals surface area contributed by atoms with Crippen molar-refractivity contribution in [1.82, 2.24) is 0 Å². The van der Waals surface area contributed by atoms with Crippen molar-refractivity contribution in [3.63, 3.8) is 0 Å². The van der Waals surface area contributed by atoms with Crippen LogP contribution in [0.5, 0.6) is 0 Å². The average Bonchev–Trinajstić information content (AvgIpc) is 1.63. The maximum atomic E-state index is 13.1. The smallest absolute Gasteiger partial charge is 0.348 e. The molecule has 742 valence electrons. The van der Waals surface area contributed by atoms with E-state index in [9.17, 15) is 14.9 Å². The lowest BCUT2D eigenvalue weighted by Gasteiger charge is -2.04. The summed E-state index contributed by atoms with van der Waals surface area (Å²) >= 11 is 21.7. The average molecular weight is 2050 g/mol. The van der Waals surface area contributed by atoms with Crippen LogP contribution < -0.4 is 0 Å². The molecule has 11 aromatic heterocycles. The number of ether oxygens (including phenoxy) is 2. The second kappa shape index (κ2) is 63.3. The quantitative estimate of drug-likeness (QED) is 0.0125. The predicted octanol–water partition coefficient (Wildman–Crippen LogP) is 43.6. The minimum atomic E-state index is -0.553. The Morgan fingerprint density at radius 1 is 0.255 bits per heavy atom. The number of hydrogen-bond donors (Lipinski definition) is 0. The van der Waals surface area contributed by atoms with Gasteiger partial charge in [0.15, 0.2) is 0 Å². The van der Waals surface area contributed by atoms with Gasteiger partial charge in [-0.3, -0.25) is 4.79 Å². The second-order valence-corrected chi connectivity index (χ2v) is 49.9. The molecule has 11 aromatic rings. The molecule has 0 atom stereocenters. The van der Waals surface area contributed by atoms with E-state index in [1.165, 1.54) is 437 Å². The molecule has 0 spiro atoms. The highest BCUT2D eigenvalue weighted by Gasteiger charge is 2.28. The highest BCUT2D eigenvalue weighted by atomic mass is 32.1. The van der Waals surface area contributed by atoms with Crippen molar-refractivity contribution in [2.24, 2.45) is 0 Å². The largest absolute Gasteiger partial charge is 0.471 e. The fraction of sp³-hybridized carbons (Fsp3) is 0.567. The number of unbranched alkanes of at least 4 members (excludes halogenated alkanes) is 40.